The van der Waals surface area contributed by atoms with Gasteiger partial charge in [0.25, 0.3) is 0 Å². The summed E-state index contributed by atoms with van der Waals surface area (Å²) in [6, 6.07) is 0. The van der Waals surface area contributed by atoms with Crippen LogP contribution in [0.4, 0.5) is 0 Å². The van der Waals surface area contributed by atoms with Crippen LogP contribution in [0.15, 0.2) is 35.5 Å². The van der Waals surface area contributed by atoms with Gasteiger partial charge >= 0.3 is 5.97 Å². The first kappa shape index (κ1) is 29.1. The highest BCUT2D eigenvalue weighted by Crippen LogP contribution is 2.77. The number of nitrogens with zero attached hydrogens (tertiary/aromatic N) is 1. The predicted molar refractivity (Wildman–Crippen MR) is 174 cm³/mol. The standard InChI is InChI=1S/C40H59NO2/c1-9-43-35(42)33-27-22-25(23-28(27)33)29-13-15-37(6)31(36(29,4)5)14-16-39(8)32(37)11-10-30-34-26(24(2)3)12-17-40(34,41-20-21-41)19-18-38(30,39)7/h13,22,26-28,30-34H,2,9-12,14-21,23H2,1,3-8H3/t26-,27?,28?,30+,31-,32+,33?,34+,37-,38+,39+,40-/m0/s1. The molecule has 0 N–H and O–H groups in total. The van der Waals surface area contributed by atoms with Gasteiger partial charge in [0.05, 0.1) is 12.5 Å². The minimum Gasteiger partial charge on any atom is -0.466 e. The van der Waals surface area contributed by atoms with Gasteiger partial charge in [-0.2, -0.15) is 0 Å². The van der Waals surface area contributed by atoms with Gasteiger partial charge in [0.15, 0.2) is 0 Å². The van der Waals surface area contributed by atoms with Crippen LogP contribution in [0.1, 0.15) is 113 Å². The van der Waals surface area contributed by atoms with E-state index in [0.717, 1.165) is 36.0 Å². The van der Waals surface area contributed by atoms with Crippen LogP contribution in [0.5, 0.6) is 0 Å². The van der Waals surface area contributed by atoms with Gasteiger partial charge in [-0.05, 0) is 152 Å². The average Bonchev–Trinajstić information content (AvgIpc) is 3.83. The molecule has 1 aliphatic heterocycles. The van der Waals surface area contributed by atoms with Gasteiger partial charge in [0, 0.05) is 18.6 Å². The molecular formula is C40H59NO2. The molecule has 3 nitrogen and oxygen atoms in total. The van der Waals surface area contributed by atoms with Crippen molar-refractivity contribution < 1.29 is 9.53 Å². The van der Waals surface area contributed by atoms with Crippen molar-refractivity contribution in [3.05, 3.63) is 35.5 Å². The number of hydrogen-bond donors (Lipinski definition) is 0. The number of allylic oxidation sites excluding steroid dienone is 5. The zero-order chi connectivity index (χ0) is 30.3. The highest BCUT2D eigenvalue weighted by atomic mass is 16.5. The van der Waals surface area contributed by atoms with E-state index in [0.29, 0.717) is 40.2 Å². The molecule has 0 bridgehead atoms. The molecule has 236 valence electrons. The molecule has 8 aliphatic rings. The van der Waals surface area contributed by atoms with Crippen LogP contribution in [-0.2, 0) is 9.53 Å². The molecule has 3 unspecified atom stereocenters. The minimum absolute atomic E-state index is 0.0365. The van der Waals surface area contributed by atoms with Crippen molar-refractivity contribution in [2.75, 3.05) is 19.7 Å². The number of rotatable bonds is 5. The minimum atomic E-state index is 0.0365. The van der Waals surface area contributed by atoms with E-state index in [9.17, 15) is 4.79 Å². The van der Waals surface area contributed by atoms with Gasteiger partial charge in [0.2, 0.25) is 0 Å². The Morgan fingerprint density at radius 3 is 2.40 bits per heavy atom. The van der Waals surface area contributed by atoms with Crippen molar-refractivity contribution in [3.63, 3.8) is 0 Å². The van der Waals surface area contributed by atoms with Crippen molar-refractivity contribution in [3.8, 4) is 0 Å². The van der Waals surface area contributed by atoms with Crippen molar-refractivity contribution in [1.82, 2.24) is 4.90 Å². The molecule has 12 atom stereocenters. The van der Waals surface area contributed by atoms with Gasteiger partial charge in [-0.3, -0.25) is 9.69 Å². The Morgan fingerprint density at radius 1 is 0.977 bits per heavy atom. The summed E-state index contributed by atoms with van der Waals surface area (Å²) in [5.41, 5.74) is 6.54. The first-order valence-electron chi connectivity index (χ1n) is 18.3. The van der Waals surface area contributed by atoms with E-state index in [1.807, 2.05) is 6.92 Å². The van der Waals surface area contributed by atoms with Gasteiger partial charge < -0.3 is 4.74 Å². The normalized spacial score (nSPS) is 52.4. The second-order valence-electron chi connectivity index (χ2n) is 18.2. The van der Waals surface area contributed by atoms with Crippen LogP contribution in [0.3, 0.4) is 0 Å². The summed E-state index contributed by atoms with van der Waals surface area (Å²) in [5, 5.41) is 0. The monoisotopic (exact) mass is 585 g/mol. The maximum atomic E-state index is 12.4. The molecule has 0 amide bonds. The molecule has 1 saturated heterocycles. The first-order chi connectivity index (χ1) is 20.3. The van der Waals surface area contributed by atoms with Crippen LogP contribution < -0.4 is 0 Å². The van der Waals surface area contributed by atoms with Crippen molar-refractivity contribution in [1.29, 1.82) is 0 Å². The summed E-state index contributed by atoms with van der Waals surface area (Å²) >= 11 is 0. The zero-order valence-corrected chi connectivity index (χ0v) is 28.4. The van der Waals surface area contributed by atoms with E-state index in [1.54, 1.807) is 11.1 Å². The highest BCUT2D eigenvalue weighted by Gasteiger charge is 2.72. The van der Waals surface area contributed by atoms with Crippen LogP contribution >= 0.6 is 0 Å². The first-order valence-corrected chi connectivity index (χ1v) is 18.3. The molecule has 0 spiro atoms. The molecule has 8 rings (SSSR count). The Kier molecular flexibility index (Phi) is 6.18. The molecule has 7 aliphatic carbocycles. The fourth-order valence-electron chi connectivity index (χ4n) is 14.5. The molecule has 1 heterocycles. The summed E-state index contributed by atoms with van der Waals surface area (Å²) in [7, 11) is 0. The third-order valence-electron chi connectivity index (χ3n) is 16.7. The SMILES string of the molecule is C=C(C)[C@@H]1CC[C@]2(N3CC3)CC[C@]3(C)[C@H](CC[C@@H]4[C@@]5(C)CC=C(C6=CC7C(C6)C7C(=O)OCC)C(C)(C)[C@@H]5CC[C@]43C)[C@@H]12. The molecule has 0 aromatic carbocycles. The molecule has 0 aromatic heterocycles. The van der Waals surface area contributed by atoms with E-state index < -0.39 is 0 Å². The topological polar surface area (TPSA) is 29.3 Å². The molecule has 3 heteroatoms. The lowest BCUT2D eigenvalue weighted by Crippen LogP contribution is -2.67. The molecule has 6 fully saturated rings. The number of hydrogen-bond acceptors (Lipinski definition) is 3. The number of carbonyl (C=O) groups is 1. The lowest BCUT2D eigenvalue weighted by Gasteiger charge is -2.72. The second kappa shape index (κ2) is 9.13. The maximum absolute atomic E-state index is 12.4. The zero-order valence-electron chi connectivity index (χ0n) is 28.4. The smallest absolute Gasteiger partial charge is 0.309 e. The van der Waals surface area contributed by atoms with Crippen LogP contribution in [0.25, 0.3) is 0 Å². The summed E-state index contributed by atoms with van der Waals surface area (Å²) in [4.78, 5) is 15.3. The van der Waals surface area contributed by atoms with Gasteiger partial charge in [-0.25, -0.2) is 0 Å². The Labute approximate surface area is 262 Å². The Hall–Kier alpha value is -1.35. The summed E-state index contributed by atoms with van der Waals surface area (Å²) in [5.74, 6) is 5.01. The Morgan fingerprint density at radius 2 is 1.74 bits per heavy atom. The summed E-state index contributed by atoms with van der Waals surface area (Å²) in [6.07, 6.45) is 18.8. The molecule has 43 heavy (non-hydrogen) atoms. The fraction of sp³-hybridized carbons (Fsp3) is 0.825. The summed E-state index contributed by atoms with van der Waals surface area (Å²) < 4.78 is 5.38. The van der Waals surface area contributed by atoms with Crippen LogP contribution in [0, 0.1) is 69.0 Å². The largest absolute Gasteiger partial charge is 0.466 e. The van der Waals surface area contributed by atoms with E-state index in [4.69, 9.17) is 4.74 Å². The predicted octanol–water partition coefficient (Wildman–Crippen LogP) is 9.00. The van der Waals surface area contributed by atoms with Crippen LogP contribution in [0.2, 0.25) is 0 Å². The Balaban J connectivity index is 1.09. The van der Waals surface area contributed by atoms with E-state index in [-0.39, 0.29) is 17.3 Å². The molecule has 5 saturated carbocycles. The lowest BCUT2D eigenvalue weighted by atomic mass is 9.33. The van der Waals surface area contributed by atoms with Gasteiger partial charge in [-0.15, -0.1) is 0 Å². The van der Waals surface area contributed by atoms with Gasteiger partial charge in [0.1, 0.15) is 0 Å². The van der Waals surface area contributed by atoms with Crippen molar-refractivity contribution in [2.45, 2.75) is 118 Å². The number of carbonyl (C=O) groups excluding carboxylic acids is 1. The quantitative estimate of drug-likeness (QED) is 0.183. The fourth-order valence-corrected chi connectivity index (χ4v) is 14.5. The number of esters is 1. The van der Waals surface area contributed by atoms with Crippen molar-refractivity contribution in [2.24, 2.45) is 69.0 Å². The Bertz CT molecular complexity index is 1300. The average molecular weight is 586 g/mol. The second-order valence-corrected chi connectivity index (χ2v) is 18.2. The number of fused-ring (bicyclic) bond motifs is 8. The van der Waals surface area contributed by atoms with E-state index in [2.05, 4.69) is 65.2 Å². The molecule has 0 aromatic rings. The third kappa shape index (κ3) is 3.61. The molecule has 0 radical (unpaired) electrons. The molecular weight excluding hydrogens is 526 g/mol. The maximum Gasteiger partial charge on any atom is 0.309 e. The van der Waals surface area contributed by atoms with E-state index >= 15 is 0 Å². The number of ether oxygens (including phenoxy) is 1. The van der Waals surface area contributed by atoms with Crippen molar-refractivity contribution >= 4 is 5.97 Å². The lowest BCUT2D eigenvalue weighted by molar-refractivity contribution is -0.224. The van der Waals surface area contributed by atoms with Crippen LogP contribution in [-0.4, -0.2) is 36.1 Å². The van der Waals surface area contributed by atoms with Gasteiger partial charge in [-0.1, -0.05) is 58.9 Å². The van der Waals surface area contributed by atoms with E-state index in [1.165, 1.54) is 76.5 Å². The highest BCUT2D eigenvalue weighted by molar-refractivity contribution is 5.78. The summed E-state index contributed by atoms with van der Waals surface area (Å²) in [6.45, 7) is 25.5. The third-order valence-corrected chi connectivity index (χ3v) is 16.7.